The number of anilines is 1. The molecule has 0 N–H and O–H groups in total. The topological polar surface area (TPSA) is 72.4 Å². The van der Waals surface area contributed by atoms with Gasteiger partial charge in [0, 0.05) is 31.4 Å². The average Bonchev–Trinajstić information content (AvgIpc) is 2.47. The Kier molecular flexibility index (Phi) is 5.17. The van der Waals surface area contributed by atoms with Crippen molar-refractivity contribution in [2.75, 3.05) is 18.0 Å². The maximum absolute atomic E-state index is 12.0. The van der Waals surface area contributed by atoms with Crippen molar-refractivity contribution in [1.82, 2.24) is 9.97 Å². The predicted octanol–water partition coefficient (Wildman–Crippen LogP) is 2.02. The molecule has 1 fully saturated rings. The largest absolute Gasteiger partial charge is 0.491 e. The Morgan fingerprint density at radius 1 is 1.35 bits per heavy atom. The second kappa shape index (κ2) is 6.93. The van der Waals surface area contributed by atoms with Crippen LogP contribution in [0.25, 0.3) is 0 Å². The number of rotatable bonds is 3. The van der Waals surface area contributed by atoms with Gasteiger partial charge in [0.2, 0.25) is 5.95 Å². The Hall–Kier alpha value is -2.19. The number of ether oxygens (including phenoxy) is 1. The molecular formula is C14H16F3N3O3. The fourth-order valence-electron chi connectivity index (χ4n) is 2.36. The Balaban J connectivity index is 1.81. The summed E-state index contributed by atoms with van der Waals surface area (Å²) in [5.41, 5.74) is 0.839. The molecule has 1 aromatic heterocycles. The van der Waals surface area contributed by atoms with Gasteiger partial charge in [-0.3, -0.25) is 4.79 Å². The van der Waals surface area contributed by atoms with Gasteiger partial charge in [0.15, 0.2) is 0 Å². The van der Waals surface area contributed by atoms with Crippen LogP contribution >= 0.6 is 0 Å². The molecule has 23 heavy (non-hydrogen) atoms. The number of piperidine rings is 1. The number of hydrogen-bond acceptors (Lipinski definition) is 6. The number of aryl methyl sites for hydroxylation is 1. The van der Waals surface area contributed by atoms with Crippen molar-refractivity contribution in [1.29, 1.82) is 0 Å². The molecule has 0 atom stereocenters. The van der Waals surface area contributed by atoms with Gasteiger partial charge in [0.1, 0.15) is 0 Å². The summed E-state index contributed by atoms with van der Waals surface area (Å²) in [6.45, 7) is 3.04. The Labute approximate surface area is 130 Å². The monoisotopic (exact) mass is 331 g/mol. The van der Waals surface area contributed by atoms with Crippen LogP contribution in [0.15, 0.2) is 12.3 Å². The highest BCUT2D eigenvalue weighted by atomic mass is 19.4. The molecule has 1 aromatic rings. The molecule has 0 bridgehead atoms. The highest BCUT2D eigenvalue weighted by molar-refractivity contribution is 5.88. The van der Waals surface area contributed by atoms with Gasteiger partial charge in [-0.15, -0.1) is 0 Å². The zero-order valence-electron chi connectivity index (χ0n) is 12.5. The minimum atomic E-state index is -5.15. The van der Waals surface area contributed by atoms with E-state index in [0.29, 0.717) is 31.9 Å². The average molecular weight is 331 g/mol. The summed E-state index contributed by atoms with van der Waals surface area (Å²) in [5, 5.41) is 0. The van der Waals surface area contributed by atoms with Gasteiger partial charge in [-0.1, -0.05) is 0 Å². The van der Waals surface area contributed by atoms with E-state index in [-0.39, 0.29) is 12.3 Å². The first-order valence-corrected chi connectivity index (χ1v) is 7.12. The number of halogens is 3. The summed E-state index contributed by atoms with van der Waals surface area (Å²) in [6.07, 6.45) is -2.52. The van der Waals surface area contributed by atoms with Gasteiger partial charge in [-0.2, -0.15) is 13.2 Å². The molecule has 0 saturated carbocycles. The number of carbonyl (C=O) groups excluding carboxylic acids is 2. The Bertz CT molecular complexity index is 584. The third-order valence-corrected chi connectivity index (χ3v) is 3.57. The normalized spacial score (nSPS) is 16.3. The van der Waals surface area contributed by atoms with Crippen molar-refractivity contribution < 1.29 is 27.5 Å². The number of nitrogens with zero attached hydrogens (tertiary/aromatic N) is 3. The molecule has 0 unspecified atom stereocenters. The molecular weight excluding hydrogens is 315 g/mol. The van der Waals surface area contributed by atoms with Crippen LogP contribution in [-0.2, 0) is 14.3 Å². The number of esters is 2. The van der Waals surface area contributed by atoms with Crippen molar-refractivity contribution >= 4 is 17.9 Å². The number of aromatic nitrogens is 2. The zero-order chi connectivity index (χ0) is 17.0. The molecule has 0 radical (unpaired) electrons. The van der Waals surface area contributed by atoms with Gasteiger partial charge in [-0.25, -0.2) is 14.8 Å². The number of alkyl halides is 3. The van der Waals surface area contributed by atoms with Crippen LogP contribution in [0.3, 0.4) is 0 Å². The Morgan fingerprint density at radius 2 is 2.00 bits per heavy atom. The summed E-state index contributed by atoms with van der Waals surface area (Å²) in [5.74, 6) is -3.13. The van der Waals surface area contributed by atoms with Gasteiger partial charge >= 0.3 is 18.1 Å². The summed E-state index contributed by atoms with van der Waals surface area (Å²) < 4.78 is 39.8. The second-order valence-electron chi connectivity index (χ2n) is 5.39. The van der Waals surface area contributed by atoms with Gasteiger partial charge in [0.25, 0.3) is 0 Å². The van der Waals surface area contributed by atoms with Crippen LogP contribution in [-0.4, -0.2) is 41.2 Å². The van der Waals surface area contributed by atoms with E-state index in [1.54, 1.807) is 12.3 Å². The maximum Gasteiger partial charge on any atom is 0.491 e. The third kappa shape index (κ3) is 4.90. The molecule has 2 heterocycles. The van der Waals surface area contributed by atoms with E-state index in [1.807, 2.05) is 11.8 Å². The molecule has 0 aliphatic carbocycles. The van der Waals surface area contributed by atoms with Crippen LogP contribution in [0, 0.1) is 12.8 Å². The summed E-state index contributed by atoms with van der Waals surface area (Å²) in [6, 6.07) is 1.78. The highest BCUT2D eigenvalue weighted by Gasteiger charge is 2.42. The van der Waals surface area contributed by atoms with Crippen molar-refractivity contribution in [3.8, 4) is 0 Å². The molecule has 0 amide bonds. The van der Waals surface area contributed by atoms with E-state index >= 15 is 0 Å². The molecule has 2 rings (SSSR count). The summed E-state index contributed by atoms with van der Waals surface area (Å²) in [4.78, 5) is 32.4. The lowest BCUT2D eigenvalue weighted by Crippen LogP contribution is -2.36. The van der Waals surface area contributed by atoms with Crippen molar-refractivity contribution in [3.05, 3.63) is 18.0 Å². The standard InChI is InChI=1S/C14H16F3N3O3/c1-9-2-5-18-13(19-9)20-6-3-10(4-7-20)8-11(21)23-12(22)14(15,16)17/h2,5,10H,3-4,6-8H2,1H3. The van der Waals surface area contributed by atoms with Crippen molar-refractivity contribution in [3.63, 3.8) is 0 Å². The van der Waals surface area contributed by atoms with Crippen LogP contribution in [0.4, 0.5) is 19.1 Å². The third-order valence-electron chi connectivity index (χ3n) is 3.57. The molecule has 1 aliphatic heterocycles. The quantitative estimate of drug-likeness (QED) is 0.623. The maximum atomic E-state index is 12.0. The minimum absolute atomic E-state index is 0.121. The lowest BCUT2D eigenvalue weighted by molar-refractivity contribution is -0.202. The number of hydrogen-bond donors (Lipinski definition) is 0. The molecule has 6 nitrogen and oxygen atoms in total. The van der Waals surface area contributed by atoms with E-state index in [9.17, 15) is 22.8 Å². The molecule has 1 saturated heterocycles. The minimum Gasteiger partial charge on any atom is -0.386 e. The first-order chi connectivity index (χ1) is 10.8. The zero-order valence-corrected chi connectivity index (χ0v) is 12.5. The second-order valence-corrected chi connectivity index (χ2v) is 5.39. The number of carbonyl (C=O) groups is 2. The van der Waals surface area contributed by atoms with Crippen LogP contribution in [0.2, 0.25) is 0 Å². The molecule has 1 aliphatic rings. The fourth-order valence-corrected chi connectivity index (χ4v) is 2.36. The molecule has 0 spiro atoms. The smallest absolute Gasteiger partial charge is 0.386 e. The molecule has 0 aromatic carbocycles. The van der Waals surface area contributed by atoms with Crippen molar-refractivity contribution in [2.45, 2.75) is 32.4 Å². The van der Waals surface area contributed by atoms with Gasteiger partial charge < -0.3 is 9.64 Å². The van der Waals surface area contributed by atoms with E-state index < -0.39 is 18.1 Å². The van der Waals surface area contributed by atoms with E-state index in [4.69, 9.17) is 0 Å². The lowest BCUT2D eigenvalue weighted by Gasteiger charge is -2.31. The first kappa shape index (κ1) is 17.2. The predicted molar refractivity (Wildman–Crippen MR) is 73.5 cm³/mol. The molecule has 126 valence electrons. The lowest BCUT2D eigenvalue weighted by atomic mass is 9.94. The van der Waals surface area contributed by atoms with Gasteiger partial charge in [0.05, 0.1) is 0 Å². The molecule has 9 heteroatoms. The first-order valence-electron chi connectivity index (χ1n) is 7.12. The van der Waals surface area contributed by atoms with E-state index in [0.717, 1.165) is 5.69 Å². The van der Waals surface area contributed by atoms with E-state index in [2.05, 4.69) is 14.7 Å². The Morgan fingerprint density at radius 3 is 2.57 bits per heavy atom. The summed E-state index contributed by atoms with van der Waals surface area (Å²) in [7, 11) is 0. The fraction of sp³-hybridized carbons (Fsp3) is 0.571. The van der Waals surface area contributed by atoms with Crippen molar-refractivity contribution in [2.24, 2.45) is 5.92 Å². The van der Waals surface area contributed by atoms with Crippen LogP contribution in [0.1, 0.15) is 25.0 Å². The SMILES string of the molecule is Cc1ccnc(N2CCC(CC(=O)OC(=O)C(F)(F)F)CC2)n1. The van der Waals surface area contributed by atoms with Gasteiger partial charge in [-0.05, 0) is 31.7 Å². The van der Waals surface area contributed by atoms with Crippen LogP contribution in [0.5, 0.6) is 0 Å². The van der Waals surface area contributed by atoms with E-state index in [1.165, 1.54) is 0 Å². The summed E-state index contributed by atoms with van der Waals surface area (Å²) >= 11 is 0. The van der Waals surface area contributed by atoms with Crippen LogP contribution < -0.4 is 4.90 Å². The highest BCUT2D eigenvalue weighted by Crippen LogP contribution is 2.24.